The van der Waals surface area contributed by atoms with Gasteiger partial charge in [-0.15, -0.1) is 0 Å². The minimum absolute atomic E-state index is 0.0529. The van der Waals surface area contributed by atoms with Gasteiger partial charge in [0, 0.05) is 24.9 Å². The lowest BCUT2D eigenvalue weighted by atomic mass is 9.93. The maximum atomic E-state index is 11.9. The van der Waals surface area contributed by atoms with Gasteiger partial charge in [-0.25, -0.2) is 5.43 Å². The van der Waals surface area contributed by atoms with Gasteiger partial charge in [-0.1, -0.05) is 13.0 Å². The molecule has 1 N–H and O–H groups in total. The van der Waals surface area contributed by atoms with E-state index in [0.717, 1.165) is 17.0 Å². The van der Waals surface area contributed by atoms with Gasteiger partial charge in [0.15, 0.2) is 6.10 Å². The molecule has 6 nitrogen and oxygen atoms in total. The summed E-state index contributed by atoms with van der Waals surface area (Å²) in [6.45, 7) is 3.70. The van der Waals surface area contributed by atoms with E-state index < -0.39 is 6.10 Å². The highest BCUT2D eigenvalue weighted by atomic mass is 16.5. The zero-order valence-corrected chi connectivity index (χ0v) is 12.2. The summed E-state index contributed by atoms with van der Waals surface area (Å²) in [6, 6.07) is 5.62. The van der Waals surface area contributed by atoms with Crippen molar-refractivity contribution in [2.24, 2.45) is 11.0 Å². The summed E-state index contributed by atoms with van der Waals surface area (Å²) in [7, 11) is 1.74. The van der Waals surface area contributed by atoms with Gasteiger partial charge >= 0.3 is 0 Å². The van der Waals surface area contributed by atoms with Crippen LogP contribution in [0.2, 0.25) is 0 Å². The van der Waals surface area contributed by atoms with Crippen LogP contribution in [0.1, 0.15) is 25.8 Å². The average Bonchev–Trinajstić information content (AvgIpc) is 2.44. The summed E-state index contributed by atoms with van der Waals surface area (Å²) in [5.41, 5.74) is 4.98. The number of carbonyl (C=O) groups is 2. The number of amides is 2. The largest absolute Gasteiger partial charge is 0.479 e. The standard InChI is InChI=1S/C15H17N3O3/c1-8-6-13(19)16-17-14(8)10-4-5-11-12(7-10)21-9(2)15(20)18(11)3/h4-5,7-9H,6H2,1-3H3,(H,16,19). The zero-order valence-electron chi connectivity index (χ0n) is 12.2. The van der Waals surface area contributed by atoms with E-state index in [0.29, 0.717) is 12.2 Å². The number of hydrazone groups is 1. The number of hydrogen-bond acceptors (Lipinski definition) is 4. The SMILES string of the molecule is CC1CC(=O)NN=C1c1ccc2c(c1)OC(C)C(=O)N2C. The van der Waals surface area contributed by atoms with E-state index in [4.69, 9.17) is 4.74 Å². The van der Waals surface area contributed by atoms with Crippen LogP contribution in [0.15, 0.2) is 23.3 Å². The van der Waals surface area contributed by atoms with Crippen molar-refractivity contribution in [1.29, 1.82) is 0 Å². The zero-order chi connectivity index (χ0) is 15.1. The summed E-state index contributed by atoms with van der Waals surface area (Å²) in [4.78, 5) is 24.8. The Balaban J connectivity index is 1.99. The number of nitrogens with zero attached hydrogens (tertiary/aromatic N) is 2. The fourth-order valence-electron chi connectivity index (χ4n) is 2.68. The van der Waals surface area contributed by atoms with Crippen LogP contribution >= 0.6 is 0 Å². The van der Waals surface area contributed by atoms with E-state index in [1.807, 2.05) is 25.1 Å². The molecule has 0 radical (unpaired) electrons. The van der Waals surface area contributed by atoms with Crippen molar-refractivity contribution in [2.75, 3.05) is 11.9 Å². The number of nitrogens with one attached hydrogen (secondary N) is 1. The van der Waals surface area contributed by atoms with Crippen LogP contribution in [0.4, 0.5) is 5.69 Å². The van der Waals surface area contributed by atoms with Crippen molar-refractivity contribution in [3.63, 3.8) is 0 Å². The lowest BCUT2D eigenvalue weighted by molar-refractivity contribution is -0.125. The highest BCUT2D eigenvalue weighted by molar-refractivity contribution is 6.07. The van der Waals surface area contributed by atoms with Crippen LogP contribution in [0.25, 0.3) is 0 Å². The molecule has 0 aliphatic carbocycles. The Bertz CT molecular complexity index is 654. The Labute approximate surface area is 122 Å². The fraction of sp³-hybridized carbons (Fsp3) is 0.400. The maximum Gasteiger partial charge on any atom is 0.267 e. The molecule has 0 saturated heterocycles. The molecule has 1 aromatic carbocycles. The Kier molecular flexibility index (Phi) is 3.16. The van der Waals surface area contributed by atoms with Gasteiger partial charge in [0.25, 0.3) is 5.91 Å². The third-order valence-electron chi connectivity index (χ3n) is 3.86. The van der Waals surface area contributed by atoms with Gasteiger partial charge in [-0.3, -0.25) is 9.59 Å². The highest BCUT2D eigenvalue weighted by Gasteiger charge is 2.30. The number of likely N-dealkylation sites (N-methyl/N-ethyl adjacent to an activating group) is 1. The van der Waals surface area contributed by atoms with E-state index in [1.54, 1.807) is 18.9 Å². The summed E-state index contributed by atoms with van der Waals surface area (Å²) in [5, 5.41) is 4.14. The predicted octanol–water partition coefficient (Wildman–Crippen LogP) is 1.29. The fourth-order valence-corrected chi connectivity index (χ4v) is 2.68. The molecule has 0 fully saturated rings. The number of anilines is 1. The molecule has 0 spiro atoms. The van der Waals surface area contributed by atoms with Gasteiger partial charge in [0.05, 0.1) is 11.4 Å². The quantitative estimate of drug-likeness (QED) is 0.846. The predicted molar refractivity (Wildman–Crippen MR) is 78.4 cm³/mol. The first kappa shape index (κ1) is 13.6. The first-order chi connectivity index (χ1) is 9.97. The van der Waals surface area contributed by atoms with Crippen LogP contribution in [0.5, 0.6) is 5.75 Å². The summed E-state index contributed by atoms with van der Waals surface area (Å²) in [6.07, 6.45) is -0.0749. The number of fused-ring (bicyclic) bond motifs is 1. The molecule has 0 aromatic heterocycles. The van der Waals surface area contributed by atoms with Crippen LogP contribution in [-0.2, 0) is 9.59 Å². The number of benzene rings is 1. The van der Waals surface area contributed by atoms with Crippen molar-refractivity contribution >= 4 is 23.2 Å². The Hall–Kier alpha value is -2.37. The topological polar surface area (TPSA) is 71.0 Å². The second-order valence-electron chi connectivity index (χ2n) is 5.48. The minimum Gasteiger partial charge on any atom is -0.479 e. The van der Waals surface area contributed by atoms with E-state index in [-0.39, 0.29) is 17.7 Å². The second-order valence-corrected chi connectivity index (χ2v) is 5.48. The van der Waals surface area contributed by atoms with Crippen molar-refractivity contribution in [3.8, 4) is 5.75 Å². The van der Waals surface area contributed by atoms with Gasteiger partial charge in [-0.05, 0) is 19.1 Å². The van der Waals surface area contributed by atoms with E-state index >= 15 is 0 Å². The molecule has 2 amide bonds. The lowest BCUT2D eigenvalue weighted by Gasteiger charge is -2.31. The van der Waals surface area contributed by atoms with E-state index in [2.05, 4.69) is 10.5 Å². The highest BCUT2D eigenvalue weighted by Crippen LogP contribution is 2.34. The Morgan fingerprint density at radius 2 is 2.10 bits per heavy atom. The molecule has 0 bridgehead atoms. The molecule has 2 aliphatic heterocycles. The number of hydrogen-bond donors (Lipinski definition) is 1. The van der Waals surface area contributed by atoms with E-state index in [1.165, 1.54) is 0 Å². The maximum absolute atomic E-state index is 11.9. The first-order valence-corrected chi connectivity index (χ1v) is 6.92. The third kappa shape index (κ3) is 2.26. The second kappa shape index (κ2) is 4.87. The number of carbonyl (C=O) groups excluding carboxylic acids is 2. The number of rotatable bonds is 1. The van der Waals surface area contributed by atoms with Gasteiger partial charge in [0.1, 0.15) is 5.75 Å². The first-order valence-electron chi connectivity index (χ1n) is 6.92. The Morgan fingerprint density at radius 3 is 2.81 bits per heavy atom. The molecule has 3 rings (SSSR count). The molecule has 0 saturated carbocycles. The third-order valence-corrected chi connectivity index (χ3v) is 3.86. The molecule has 2 heterocycles. The normalized spacial score (nSPS) is 24.9. The van der Waals surface area contributed by atoms with E-state index in [9.17, 15) is 9.59 Å². The van der Waals surface area contributed by atoms with Crippen molar-refractivity contribution in [2.45, 2.75) is 26.4 Å². The molecule has 1 aromatic rings. The smallest absolute Gasteiger partial charge is 0.267 e. The molecule has 6 heteroatoms. The number of ether oxygens (including phenoxy) is 1. The summed E-state index contributed by atoms with van der Waals surface area (Å²) < 4.78 is 5.67. The van der Waals surface area contributed by atoms with Crippen LogP contribution in [0, 0.1) is 5.92 Å². The molecule has 21 heavy (non-hydrogen) atoms. The molecule has 2 unspecified atom stereocenters. The lowest BCUT2D eigenvalue weighted by Crippen LogP contribution is -2.42. The van der Waals surface area contributed by atoms with Crippen molar-refractivity contribution in [1.82, 2.24) is 5.43 Å². The van der Waals surface area contributed by atoms with Gasteiger partial charge < -0.3 is 9.64 Å². The average molecular weight is 287 g/mol. The molecule has 2 atom stereocenters. The van der Waals surface area contributed by atoms with Crippen molar-refractivity contribution < 1.29 is 14.3 Å². The van der Waals surface area contributed by atoms with Crippen molar-refractivity contribution in [3.05, 3.63) is 23.8 Å². The van der Waals surface area contributed by atoms with Crippen LogP contribution in [-0.4, -0.2) is 30.7 Å². The Morgan fingerprint density at radius 1 is 1.33 bits per heavy atom. The molecular formula is C15H17N3O3. The van der Waals surface area contributed by atoms with Crippen LogP contribution < -0.4 is 15.1 Å². The minimum atomic E-state index is -0.497. The monoisotopic (exact) mass is 287 g/mol. The van der Waals surface area contributed by atoms with Crippen LogP contribution in [0.3, 0.4) is 0 Å². The van der Waals surface area contributed by atoms with Gasteiger partial charge in [0.2, 0.25) is 5.91 Å². The summed E-state index contributed by atoms with van der Waals surface area (Å²) >= 11 is 0. The molecular weight excluding hydrogens is 270 g/mol. The van der Waals surface area contributed by atoms with Gasteiger partial charge in [-0.2, -0.15) is 5.10 Å². The molecule has 110 valence electrons. The molecule has 2 aliphatic rings. The summed E-state index contributed by atoms with van der Waals surface area (Å²) in [5.74, 6) is 0.580.